The zero-order valence-corrected chi connectivity index (χ0v) is 18.2. The number of aromatic nitrogens is 6. The second-order valence-electron chi connectivity index (χ2n) is 7.29. The molecule has 0 spiro atoms. The molecular weight excluding hydrogens is 410 g/mol. The molecule has 0 atom stereocenters. The Hall–Kier alpha value is -3.72. The summed E-state index contributed by atoms with van der Waals surface area (Å²) in [6, 6.07) is 10.2. The number of nitrogens with zero attached hydrogens (tertiary/aromatic N) is 6. The molecule has 4 heterocycles. The van der Waals surface area contributed by atoms with Gasteiger partial charge in [-0.25, -0.2) is 14.5 Å². The molecule has 8 nitrogen and oxygen atoms in total. The maximum absolute atomic E-state index is 6.26. The average Bonchev–Trinajstić information content (AvgIpc) is 3.47. The number of fused-ring (bicyclic) bond motifs is 1. The Balaban J connectivity index is 1.63. The lowest BCUT2D eigenvalue weighted by Crippen LogP contribution is -2.01. The van der Waals surface area contributed by atoms with Crippen molar-refractivity contribution in [2.75, 3.05) is 12.8 Å². The van der Waals surface area contributed by atoms with Crippen LogP contribution in [0.5, 0.6) is 5.75 Å². The summed E-state index contributed by atoms with van der Waals surface area (Å²) in [5, 5.41) is 10.0. The number of hydrogen-bond donors (Lipinski definition) is 1. The molecular formula is C22H21N7OS. The average molecular weight is 432 g/mol. The van der Waals surface area contributed by atoms with Gasteiger partial charge in [-0.1, -0.05) is 12.1 Å². The summed E-state index contributed by atoms with van der Waals surface area (Å²) in [6.07, 6.45) is 5.98. The van der Waals surface area contributed by atoms with Crippen LogP contribution in [0.15, 0.2) is 49.1 Å². The van der Waals surface area contributed by atoms with Crippen LogP contribution >= 0.6 is 11.3 Å². The van der Waals surface area contributed by atoms with Crippen LogP contribution in [0.4, 0.5) is 5.82 Å². The zero-order valence-electron chi connectivity index (χ0n) is 17.4. The van der Waals surface area contributed by atoms with Crippen molar-refractivity contribution < 1.29 is 4.74 Å². The highest BCUT2D eigenvalue weighted by Gasteiger charge is 2.19. The second kappa shape index (κ2) is 7.51. The number of thiazole rings is 1. The number of ether oxygens (including phenoxy) is 1. The highest BCUT2D eigenvalue weighted by atomic mass is 32.1. The minimum atomic E-state index is 0.411. The third kappa shape index (κ3) is 3.42. The van der Waals surface area contributed by atoms with Gasteiger partial charge in [-0.3, -0.25) is 4.68 Å². The SMILES string of the molecule is COc1cc(-c2cc(-c3ccn(C)n3)n3ncnc(N)c23)ccc1Cc1ncc(C)s1. The van der Waals surface area contributed by atoms with Gasteiger partial charge in [0.1, 0.15) is 23.3 Å². The van der Waals surface area contributed by atoms with Crippen molar-refractivity contribution in [2.45, 2.75) is 13.3 Å². The summed E-state index contributed by atoms with van der Waals surface area (Å²) in [4.78, 5) is 9.88. The Kier molecular flexibility index (Phi) is 4.67. The number of aryl methyl sites for hydroxylation is 2. The summed E-state index contributed by atoms with van der Waals surface area (Å²) in [6.45, 7) is 2.06. The molecule has 5 aromatic rings. The van der Waals surface area contributed by atoms with Crippen molar-refractivity contribution in [3.05, 3.63) is 64.5 Å². The fourth-order valence-electron chi connectivity index (χ4n) is 3.73. The predicted octanol–water partition coefficient (Wildman–Crippen LogP) is 3.74. The quantitative estimate of drug-likeness (QED) is 0.455. The van der Waals surface area contributed by atoms with Gasteiger partial charge in [0, 0.05) is 41.9 Å². The Bertz CT molecular complexity index is 1400. The van der Waals surface area contributed by atoms with Crippen molar-refractivity contribution in [1.29, 1.82) is 0 Å². The predicted molar refractivity (Wildman–Crippen MR) is 121 cm³/mol. The molecule has 0 fully saturated rings. The van der Waals surface area contributed by atoms with Gasteiger partial charge in [0.05, 0.1) is 17.8 Å². The van der Waals surface area contributed by atoms with Crippen molar-refractivity contribution in [3.8, 4) is 28.3 Å². The largest absolute Gasteiger partial charge is 0.496 e. The van der Waals surface area contributed by atoms with Crippen molar-refractivity contribution in [1.82, 2.24) is 29.4 Å². The maximum Gasteiger partial charge on any atom is 0.152 e. The van der Waals surface area contributed by atoms with Crippen LogP contribution in [0.2, 0.25) is 0 Å². The Labute approximate surface area is 183 Å². The molecule has 0 aliphatic carbocycles. The normalized spacial score (nSPS) is 11.3. The first-order valence-corrected chi connectivity index (χ1v) is 10.6. The van der Waals surface area contributed by atoms with Gasteiger partial charge >= 0.3 is 0 Å². The highest BCUT2D eigenvalue weighted by molar-refractivity contribution is 7.11. The van der Waals surface area contributed by atoms with Gasteiger partial charge in [0.2, 0.25) is 0 Å². The van der Waals surface area contributed by atoms with E-state index in [9.17, 15) is 0 Å². The molecule has 9 heteroatoms. The number of hydrogen-bond acceptors (Lipinski definition) is 7. The minimum Gasteiger partial charge on any atom is -0.496 e. The van der Waals surface area contributed by atoms with E-state index >= 15 is 0 Å². The van der Waals surface area contributed by atoms with Gasteiger partial charge in [-0.2, -0.15) is 10.2 Å². The van der Waals surface area contributed by atoms with Crippen LogP contribution in [0.3, 0.4) is 0 Å². The number of rotatable bonds is 5. The first-order chi connectivity index (χ1) is 15.0. The molecule has 31 heavy (non-hydrogen) atoms. The monoisotopic (exact) mass is 431 g/mol. The fourth-order valence-corrected chi connectivity index (χ4v) is 4.54. The summed E-state index contributed by atoms with van der Waals surface area (Å²) < 4.78 is 9.27. The van der Waals surface area contributed by atoms with Gasteiger partial charge in [0.25, 0.3) is 0 Å². The number of methoxy groups -OCH3 is 1. The van der Waals surface area contributed by atoms with Crippen LogP contribution < -0.4 is 10.5 Å². The number of anilines is 1. The standard InChI is InChI=1S/C22H21N7OS/c1-13-11-24-20(31-13)9-15-5-4-14(8-19(15)30-3)16-10-18(17-6-7-28(2)27-17)29-21(16)22(23)25-12-26-29/h4-8,10-12H,9H2,1-3H3,(H2,23,25,26). The Morgan fingerprint density at radius 2 is 2.03 bits per heavy atom. The molecule has 0 radical (unpaired) electrons. The molecule has 1 aromatic carbocycles. The fraction of sp³-hybridized carbons (Fsp3) is 0.182. The molecule has 4 aromatic heterocycles. The van der Waals surface area contributed by atoms with Crippen molar-refractivity contribution in [2.24, 2.45) is 7.05 Å². The first kappa shape index (κ1) is 19.3. The van der Waals surface area contributed by atoms with E-state index in [0.717, 1.165) is 50.8 Å². The molecule has 0 amide bonds. The molecule has 0 saturated carbocycles. The van der Waals surface area contributed by atoms with E-state index in [1.165, 1.54) is 11.2 Å². The van der Waals surface area contributed by atoms with Crippen molar-refractivity contribution in [3.63, 3.8) is 0 Å². The second-order valence-corrected chi connectivity index (χ2v) is 8.61. The van der Waals surface area contributed by atoms with Crippen molar-refractivity contribution >= 4 is 22.7 Å². The summed E-state index contributed by atoms with van der Waals surface area (Å²) >= 11 is 1.70. The number of benzene rings is 1. The molecule has 0 bridgehead atoms. The van der Waals surface area contributed by atoms with E-state index in [-0.39, 0.29) is 0 Å². The van der Waals surface area contributed by atoms with Crippen LogP contribution in [0.1, 0.15) is 15.4 Å². The summed E-state index contributed by atoms with van der Waals surface area (Å²) in [7, 11) is 3.57. The van der Waals surface area contributed by atoms with Crippen LogP contribution in [-0.4, -0.2) is 36.5 Å². The topological polar surface area (TPSA) is 96.2 Å². The molecule has 156 valence electrons. The third-order valence-electron chi connectivity index (χ3n) is 5.17. The maximum atomic E-state index is 6.26. The van der Waals surface area contributed by atoms with Gasteiger partial charge in [-0.15, -0.1) is 11.3 Å². The number of nitrogen functional groups attached to an aromatic ring is 1. The molecule has 0 aliphatic heterocycles. The molecule has 0 aliphatic rings. The first-order valence-electron chi connectivity index (χ1n) is 9.74. The van der Waals surface area contributed by atoms with E-state index in [1.54, 1.807) is 27.6 Å². The van der Waals surface area contributed by atoms with Crippen LogP contribution in [0.25, 0.3) is 28.0 Å². The lowest BCUT2D eigenvalue weighted by molar-refractivity contribution is 0.410. The van der Waals surface area contributed by atoms with E-state index in [4.69, 9.17) is 10.5 Å². The van der Waals surface area contributed by atoms with Crippen LogP contribution in [-0.2, 0) is 13.5 Å². The van der Waals surface area contributed by atoms with E-state index in [0.29, 0.717) is 5.82 Å². The third-order valence-corrected chi connectivity index (χ3v) is 6.08. The smallest absolute Gasteiger partial charge is 0.152 e. The Morgan fingerprint density at radius 1 is 1.16 bits per heavy atom. The van der Waals surface area contributed by atoms with Gasteiger partial charge in [0.15, 0.2) is 5.82 Å². The van der Waals surface area contributed by atoms with E-state index in [1.807, 2.05) is 37.6 Å². The number of nitrogens with two attached hydrogens (primary N) is 1. The summed E-state index contributed by atoms with van der Waals surface area (Å²) in [5.41, 5.74) is 11.6. The van der Waals surface area contributed by atoms with E-state index < -0.39 is 0 Å². The minimum absolute atomic E-state index is 0.411. The molecule has 2 N–H and O–H groups in total. The van der Waals surface area contributed by atoms with E-state index in [2.05, 4.69) is 39.2 Å². The lowest BCUT2D eigenvalue weighted by atomic mass is 10.0. The van der Waals surface area contributed by atoms with Gasteiger partial charge < -0.3 is 10.5 Å². The van der Waals surface area contributed by atoms with Crippen LogP contribution in [0, 0.1) is 6.92 Å². The van der Waals surface area contributed by atoms with Gasteiger partial charge in [-0.05, 0) is 30.7 Å². The summed E-state index contributed by atoms with van der Waals surface area (Å²) in [5.74, 6) is 1.22. The zero-order chi connectivity index (χ0) is 21.5. The molecule has 0 saturated heterocycles. The molecule has 0 unspecified atom stereocenters. The lowest BCUT2D eigenvalue weighted by Gasteiger charge is -2.10. The highest BCUT2D eigenvalue weighted by Crippen LogP contribution is 2.36. The Morgan fingerprint density at radius 3 is 2.74 bits per heavy atom. The molecule has 5 rings (SSSR count).